The molecule has 8 rings (SSSR count). The summed E-state index contributed by atoms with van der Waals surface area (Å²) >= 11 is 1.96. The maximum Gasteiger partial charge on any atom is 0.0543 e. The molecule has 41 heavy (non-hydrogen) atoms. The normalized spacial score (nSPS) is 18.4. The van der Waals surface area contributed by atoms with Gasteiger partial charge in [0, 0.05) is 48.8 Å². The lowest BCUT2D eigenvalue weighted by Crippen LogP contribution is -2.32. The van der Waals surface area contributed by atoms with Crippen LogP contribution in [0.5, 0.6) is 0 Å². The monoisotopic (exact) mass is 548 g/mol. The molecule has 0 amide bonds. The van der Waals surface area contributed by atoms with Crippen molar-refractivity contribution in [3.8, 4) is 5.69 Å². The van der Waals surface area contributed by atoms with Crippen LogP contribution in [0, 0.1) is 6.92 Å². The van der Waals surface area contributed by atoms with Crippen LogP contribution in [-0.2, 0) is 12.8 Å². The van der Waals surface area contributed by atoms with Gasteiger partial charge in [-0.25, -0.2) is 0 Å². The van der Waals surface area contributed by atoms with Gasteiger partial charge in [0.05, 0.1) is 11.0 Å². The molecule has 0 N–H and O–H groups in total. The predicted molar refractivity (Wildman–Crippen MR) is 178 cm³/mol. The molecule has 0 radical (unpaired) electrons. The van der Waals surface area contributed by atoms with Crippen LogP contribution in [0.3, 0.4) is 0 Å². The highest BCUT2D eigenvalue weighted by Crippen LogP contribution is 2.42. The highest BCUT2D eigenvalue weighted by molar-refractivity contribution is 7.19. The predicted octanol–water partition coefficient (Wildman–Crippen LogP) is 10.2. The van der Waals surface area contributed by atoms with Crippen molar-refractivity contribution in [2.24, 2.45) is 0 Å². The number of anilines is 1. The number of rotatable bonds is 2. The molecule has 0 saturated carbocycles. The summed E-state index contributed by atoms with van der Waals surface area (Å²) in [6.45, 7) is 4.54. The fourth-order valence-corrected chi connectivity index (χ4v) is 8.09. The standard InChI is InChI=1S/C38H32N2S/c1-25-11-10-18-35-38(25)30-15-7-9-17-34(30)40(35)29-20-22-37-32(24-29)31-23-28(19-21-36(31)41-37)39-26(2)12-4-3-5-13-27-14-6-8-16-33(27)39/h3-12,14-18,20,22-24,26H,13,19,21H2,1-2H3/b5-3-,12-4-. The van der Waals surface area contributed by atoms with Crippen molar-refractivity contribution in [2.75, 3.05) is 4.90 Å². The largest absolute Gasteiger partial charge is 0.338 e. The summed E-state index contributed by atoms with van der Waals surface area (Å²) in [5.41, 5.74) is 10.6. The summed E-state index contributed by atoms with van der Waals surface area (Å²) in [5, 5.41) is 4.03. The first kappa shape index (κ1) is 24.5. The van der Waals surface area contributed by atoms with E-state index >= 15 is 0 Å². The van der Waals surface area contributed by atoms with Gasteiger partial charge in [0.2, 0.25) is 0 Å². The van der Waals surface area contributed by atoms with Gasteiger partial charge < -0.3 is 9.47 Å². The van der Waals surface area contributed by atoms with Crippen molar-refractivity contribution in [1.29, 1.82) is 0 Å². The van der Waals surface area contributed by atoms with Crippen molar-refractivity contribution in [1.82, 2.24) is 4.57 Å². The second-order valence-electron chi connectivity index (χ2n) is 11.3. The van der Waals surface area contributed by atoms with E-state index in [0.29, 0.717) is 0 Å². The smallest absolute Gasteiger partial charge is 0.0543 e. The molecule has 1 atom stereocenters. The zero-order valence-electron chi connectivity index (χ0n) is 23.5. The van der Waals surface area contributed by atoms with E-state index in [9.17, 15) is 0 Å². The lowest BCUT2D eigenvalue weighted by atomic mass is 9.97. The van der Waals surface area contributed by atoms with E-state index in [4.69, 9.17) is 0 Å². The van der Waals surface area contributed by atoms with E-state index < -0.39 is 0 Å². The molecule has 200 valence electrons. The summed E-state index contributed by atoms with van der Waals surface area (Å²) in [5.74, 6) is 0. The van der Waals surface area contributed by atoms with E-state index in [-0.39, 0.29) is 6.04 Å². The van der Waals surface area contributed by atoms with Crippen LogP contribution in [0.15, 0.2) is 115 Å². The van der Waals surface area contributed by atoms with Crippen LogP contribution in [0.25, 0.3) is 43.7 Å². The molecule has 1 unspecified atom stereocenters. The van der Waals surface area contributed by atoms with Crippen molar-refractivity contribution in [2.45, 2.75) is 39.2 Å². The molecule has 1 aliphatic heterocycles. The minimum Gasteiger partial charge on any atom is -0.338 e. The number of hydrogen-bond acceptors (Lipinski definition) is 2. The molecule has 4 aromatic carbocycles. The lowest BCUT2D eigenvalue weighted by Gasteiger charge is -2.35. The molecule has 3 heterocycles. The van der Waals surface area contributed by atoms with Crippen LogP contribution in [-0.4, -0.2) is 10.6 Å². The lowest BCUT2D eigenvalue weighted by molar-refractivity contribution is 0.767. The number of allylic oxidation sites excluding steroid dienone is 4. The summed E-state index contributed by atoms with van der Waals surface area (Å²) in [7, 11) is 0. The van der Waals surface area contributed by atoms with E-state index in [1.54, 1.807) is 0 Å². The molecule has 2 nitrogen and oxygen atoms in total. The van der Waals surface area contributed by atoms with E-state index in [2.05, 4.69) is 139 Å². The first-order valence-electron chi connectivity index (χ1n) is 14.6. The Kier molecular flexibility index (Phi) is 5.75. The van der Waals surface area contributed by atoms with Crippen LogP contribution < -0.4 is 4.90 Å². The van der Waals surface area contributed by atoms with Crippen molar-refractivity contribution < 1.29 is 0 Å². The Morgan fingerprint density at radius 2 is 1.66 bits per heavy atom. The van der Waals surface area contributed by atoms with Gasteiger partial charge in [-0.1, -0.05) is 72.8 Å². The highest BCUT2D eigenvalue weighted by Gasteiger charge is 2.25. The molecular formula is C38H32N2S. The topological polar surface area (TPSA) is 8.17 Å². The summed E-state index contributed by atoms with van der Waals surface area (Å²) in [6.07, 6.45) is 14.6. The van der Waals surface area contributed by atoms with Gasteiger partial charge in [0.15, 0.2) is 0 Å². The van der Waals surface area contributed by atoms with Crippen LogP contribution >= 0.6 is 11.3 Å². The van der Waals surface area contributed by atoms with Crippen LogP contribution in [0.2, 0.25) is 0 Å². The van der Waals surface area contributed by atoms with Crippen LogP contribution in [0.4, 0.5) is 5.69 Å². The Labute approximate surface area is 245 Å². The average molecular weight is 549 g/mol. The molecule has 0 fully saturated rings. The van der Waals surface area contributed by atoms with Gasteiger partial charge in [-0.15, -0.1) is 11.3 Å². The van der Waals surface area contributed by atoms with E-state index in [0.717, 1.165) is 19.3 Å². The average Bonchev–Trinajstić information content (AvgIpc) is 3.55. The Morgan fingerprint density at radius 3 is 2.61 bits per heavy atom. The maximum absolute atomic E-state index is 2.57. The number of fused-ring (bicyclic) bond motifs is 7. The molecule has 6 aromatic rings. The maximum atomic E-state index is 2.57. The fraction of sp³-hybridized carbons (Fsp3) is 0.158. The van der Waals surface area contributed by atoms with E-state index in [1.165, 1.54) is 70.5 Å². The summed E-state index contributed by atoms with van der Waals surface area (Å²) < 4.78 is 3.82. The summed E-state index contributed by atoms with van der Waals surface area (Å²) in [6, 6.07) is 31.8. The van der Waals surface area contributed by atoms with Crippen molar-refractivity contribution in [3.63, 3.8) is 0 Å². The first-order chi connectivity index (χ1) is 20.2. The number of hydrogen-bond donors (Lipinski definition) is 0. The number of aryl methyl sites for hydroxylation is 2. The molecule has 0 saturated heterocycles. The molecule has 3 heteroatoms. The van der Waals surface area contributed by atoms with E-state index in [1.807, 2.05) is 11.3 Å². The number of thiophene rings is 1. The fourth-order valence-electron chi connectivity index (χ4n) is 6.92. The molecule has 2 aliphatic rings. The second-order valence-corrected chi connectivity index (χ2v) is 12.5. The Morgan fingerprint density at radius 1 is 0.805 bits per heavy atom. The molecule has 2 aromatic heterocycles. The SMILES string of the molecule is Cc1cccc2c1c1ccccc1n2-c1ccc2sc3c(c2c1)C=C(N1c2ccccc2C/C=C\C=C/C1C)CC3. The first-order valence-corrected chi connectivity index (χ1v) is 15.4. The zero-order chi connectivity index (χ0) is 27.5. The second kappa shape index (κ2) is 9.64. The third-order valence-corrected chi connectivity index (χ3v) is 10.1. The molecular weight excluding hydrogens is 516 g/mol. The minimum absolute atomic E-state index is 0.271. The Bertz CT molecular complexity index is 2070. The third kappa shape index (κ3) is 3.91. The minimum atomic E-state index is 0.271. The van der Waals surface area contributed by atoms with Gasteiger partial charge in [0.25, 0.3) is 0 Å². The molecule has 0 bridgehead atoms. The van der Waals surface area contributed by atoms with Gasteiger partial charge in [-0.2, -0.15) is 0 Å². The number of nitrogens with zero attached hydrogens (tertiary/aromatic N) is 2. The quantitative estimate of drug-likeness (QED) is 0.209. The molecule has 0 spiro atoms. The zero-order valence-corrected chi connectivity index (χ0v) is 24.3. The van der Waals surface area contributed by atoms with Gasteiger partial charge in [-0.3, -0.25) is 0 Å². The van der Waals surface area contributed by atoms with Crippen molar-refractivity contribution in [3.05, 3.63) is 136 Å². The number of aromatic nitrogens is 1. The Hall–Kier alpha value is -4.34. The number of benzene rings is 4. The van der Waals surface area contributed by atoms with Crippen molar-refractivity contribution >= 4 is 55.0 Å². The van der Waals surface area contributed by atoms with Crippen LogP contribution in [0.1, 0.15) is 34.9 Å². The molecule has 1 aliphatic carbocycles. The Balaban J connectivity index is 1.31. The summed E-state index contributed by atoms with van der Waals surface area (Å²) in [4.78, 5) is 4.08. The van der Waals surface area contributed by atoms with Gasteiger partial charge in [-0.05, 0) is 92.3 Å². The number of para-hydroxylation sites is 2. The third-order valence-electron chi connectivity index (χ3n) is 8.81. The highest BCUT2D eigenvalue weighted by atomic mass is 32.1. The van der Waals surface area contributed by atoms with Gasteiger partial charge >= 0.3 is 0 Å². The van der Waals surface area contributed by atoms with Gasteiger partial charge in [0.1, 0.15) is 0 Å².